The van der Waals surface area contributed by atoms with Crippen molar-refractivity contribution >= 4 is 35.2 Å². The van der Waals surface area contributed by atoms with Crippen LogP contribution in [0.4, 0.5) is 5.69 Å². The molecule has 106 valence electrons. The van der Waals surface area contributed by atoms with Crippen LogP contribution in [0.25, 0.3) is 0 Å². The fraction of sp³-hybridized carbons (Fsp3) is 0.308. The van der Waals surface area contributed by atoms with E-state index in [1.807, 2.05) is 0 Å². The summed E-state index contributed by atoms with van der Waals surface area (Å²) >= 11 is 1.57. The Balaban J connectivity index is 1.99. The second-order valence-corrected chi connectivity index (χ2v) is 5.53. The topological polar surface area (TPSA) is 101 Å². The molecule has 1 aromatic carbocycles. The van der Waals surface area contributed by atoms with Gasteiger partial charge in [-0.25, -0.2) is 0 Å². The van der Waals surface area contributed by atoms with Gasteiger partial charge in [0.1, 0.15) is 6.04 Å². The van der Waals surface area contributed by atoms with E-state index in [4.69, 9.17) is 5.73 Å². The zero-order valence-electron chi connectivity index (χ0n) is 10.7. The van der Waals surface area contributed by atoms with Crippen molar-refractivity contribution in [1.82, 2.24) is 5.32 Å². The molecule has 0 aliphatic carbocycles. The first-order valence-electron chi connectivity index (χ1n) is 6.14. The van der Waals surface area contributed by atoms with E-state index < -0.39 is 11.9 Å². The summed E-state index contributed by atoms with van der Waals surface area (Å²) in [5.41, 5.74) is 6.07. The maximum atomic E-state index is 12.1. The van der Waals surface area contributed by atoms with Crippen LogP contribution in [-0.2, 0) is 9.59 Å². The van der Waals surface area contributed by atoms with E-state index >= 15 is 0 Å². The summed E-state index contributed by atoms with van der Waals surface area (Å²) in [7, 11) is 0. The lowest BCUT2D eigenvalue weighted by atomic mass is 10.2. The molecule has 1 fully saturated rings. The molecule has 1 saturated heterocycles. The third-order valence-electron chi connectivity index (χ3n) is 2.85. The van der Waals surface area contributed by atoms with Crippen LogP contribution in [0.3, 0.4) is 0 Å². The summed E-state index contributed by atoms with van der Waals surface area (Å²) in [4.78, 5) is 34.4. The van der Waals surface area contributed by atoms with Crippen LogP contribution in [-0.4, -0.2) is 35.3 Å². The average molecular weight is 293 g/mol. The Hall–Kier alpha value is -2.02. The first-order valence-corrected chi connectivity index (χ1v) is 7.29. The molecule has 1 unspecified atom stereocenters. The van der Waals surface area contributed by atoms with Crippen molar-refractivity contribution in [1.29, 1.82) is 0 Å². The van der Waals surface area contributed by atoms with Crippen molar-refractivity contribution in [3.05, 3.63) is 29.8 Å². The van der Waals surface area contributed by atoms with Crippen molar-refractivity contribution < 1.29 is 14.4 Å². The molecule has 7 heteroatoms. The van der Waals surface area contributed by atoms with E-state index in [9.17, 15) is 14.4 Å². The first-order chi connectivity index (χ1) is 9.56. The van der Waals surface area contributed by atoms with Crippen LogP contribution >= 0.6 is 11.8 Å². The number of carbonyl (C=O) groups is 3. The van der Waals surface area contributed by atoms with Crippen molar-refractivity contribution in [2.45, 2.75) is 12.5 Å². The number of hydrogen-bond acceptors (Lipinski definition) is 4. The van der Waals surface area contributed by atoms with Crippen LogP contribution in [0.1, 0.15) is 16.8 Å². The van der Waals surface area contributed by atoms with Crippen LogP contribution in [0, 0.1) is 0 Å². The van der Waals surface area contributed by atoms with Crippen LogP contribution in [0.15, 0.2) is 24.3 Å². The second-order valence-electron chi connectivity index (χ2n) is 4.38. The van der Waals surface area contributed by atoms with E-state index in [0.29, 0.717) is 23.4 Å². The third kappa shape index (κ3) is 3.74. The monoisotopic (exact) mass is 293 g/mol. The van der Waals surface area contributed by atoms with Gasteiger partial charge in [0.25, 0.3) is 0 Å². The predicted octanol–water partition coefficient (Wildman–Crippen LogP) is 0.346. The molecular weight excluding hydrogens is 278 g/mol. The lowest BCUT2D eigenvalue weighted by Crippen LogP contribution is -2.44. The Labute approximate surface area is 120 Å². The maximum Gasteiger partial charge on any atom is 0.248 e. The molecular formula is C13H15N3O3S. The summed E-state index contributed by atoms with van der Waals surface area (Å²) in [6.07, 6.45) is 0.432. The molecule has 1 heterocycles. The van der Waals surface area contributed by atoms with Gasteiger partial charge in [-0.15, -0.1) is 0 Å². The molecule has 1 aliphatic heterocycles. The highest BCUT2D eigenvalue weighted by atomic mass is 32.2. The molecule has 4 N–H and O–H groups in total. The van der Waals surface area contributed by atoms with Gasteiger partial charge >= 0.3 is 0 Å². The molecule has 0 spiro atoms. The molecule has 20 heavy (non-hydrogen) atoms. The Morgan fingerprint density at radius 2 is 2.00 bits per heavy atom. The number of anilines is 1. The lowest BCUT2D eigenvalue weighted by molar-refractivity contribution is -0.125. The Bertz CT molecular complexity index is 530. The van der Waals surface area contributed by atoms with Crippen LogP contribution in [0.2, 0.25) is 0 Å². The quantitative estimate of drug-likeness (QED) is 0.748. The second kappa shape index (κ2) is 6.42. The van der Waals surface area contributed by atoms with Gasteiger partial charge in [-0.3, -0.25) is 14.4 Å². The summed E-state index contributed by atoms with van der Waals surface area (Å²) in [6.45, 7) is 0. The fourth-order valence-electron chi connectivity index (χ4n) is 1.76. The fourth-order valence-corrected chi connectivity index (χ4v) is 2.73. The normalized spacial score (nSPS) is 18.8. The van der Waals surface area contributed by atoms with E-state index in [0.717, 1.165) is 5.75 Å². The number of benzene rings is 1. The lowest BCUT2D eigenvalue weighted by Gasteiger charge is -2.15. The number of nitrogens with two attached hydrogens (primary N) is 1. The molecule has 2 rings (SSSR count). The van der Waals surface area contributed by atoms with Gasteiger partial charge < -0.3 is 16.4 Å². The standard InChI is InChI=1S/C13H15N3O3S/c14-12(18)8-1-3-9(4-2-8)15-13(19)10-7-20-6-5-11(17)16-10/h1-4,10H,5-7H2,(H2,14,18)(H,15,19)(H,16,17). The van der Waals surface area contributed by atoms with Gasteiger partial charge in [0.15, 0.2) is 0 Å². The number of amides is 3. The number of nitrogens with one attached hydrogen (secondary N) is 2. The highest BCUT2D eigenvalue weighted by molar-refractivity contribution is 7.99. The van der Waals surface area contributed by atoms with E-state index in [2.05, 4.69) is 10.6 Å². The highest BCUT2D eigenvalue weighted by Gasteiger charge is 2.23. The van der Waals surface area contributed by atoms with E-state index in [1.165, 1.54) is 0 Å². The predicted molar refractivity (Wildman–Crippen MR) is 77.5 cm³/mol. The third-order valence-corrected chi connectivity index (χ3v) is 3.91. The number of hydrogen-bond donors (Lipinski definition) is 3. The summed E-state index contributed by atoms with van der Waals surface area (Å²) in [5, 5.41) is 5.39. The Kier molecular flexibility index (Phi) is 4.62. The summed E-state index contributed by atoms with van der Waals surface area (Å²) in [6, 6.07) is 5.75. The molecule has 0 bridgehead atoms. The number of rotatable bonds is 3. The molecule has 1 aromatic rings. The van der Waals surface area contributed by atoms with Crippen LogP contribution in [0.5, 0.6) is 0 Å². The molecule has 1 atom stereocenters. The Morgan fingerprint density at radius 3 is 2.65 bits per heavy atom. The minimum Gasteiger partial charge on any atom is -0.366 e. The van der Waals surface area contributed by atoms with Crippen molar-refractivity contribution in [2.75, 3.05) is 16.8 Å². The smallest absolute Gasteiger partial charge is 0.248 e. The van der Waals surface area contributed by atoms with Gasteiger partial charge in [-0.2, -0.15) is 11.8 Å². The molecule has 0 saturated carbocycles. The van der Waals surface area contributed by atoms with Crippen molar-refractivity contribution in [3.8, 4) is 0 Å². The first kappa shape index (κ1) is 14.4. The molecule has 0 radical (unpaired) electrons. The molecule has 3 amide bonds. The Morgan fingerprint density at radius 1 is 1.30 bits per heavy atom. The van der Waals surface area contributed by atoms with Gasteiger partial charge in [-0.1, -0.05) is 0 Å². The minimum absolute atomic E-state index is 0.112. The largest absolute Gasteiger partial charge is 0.366 e. The summed E-state index contributed by atoms with van der Waals surface area (Å²) < 4.78 is 0. The average Bonchev–Trinajstić information content (AvgIpc) is 2.64. The zero-order chi connectivity index (χ0) is 14.5. The minimum atomic E-state index is -0.536. The maximum absolute atomic E-state index is 12.1. The highest BCUT2D eigenvalue weighted by Crippen LogP contribution is 2.13. The zero-order valence-corrected chi connectivity index (χ0v) is 11.5. The number of primary amides is 1. The van der Waals surface area contributed by atoms with Gasteiger partial charge in [-0.05, 0) is 24.3 Å². The number of thioether (sulfide) groups is 1. The van der Waals surface area contributed by atoms with Crippen molar-refractivity contribution in [2.24, 2.45) is 5.73 Å². The van der Waals surface area contributed by atoms with Gasteiger partial charge in [0.2, 0.25) is 17.7 Å². The SMILES string of the molecule is NC(=O)c1ccc(NC(=O)C2CSCCC(=O)N2)cc1. The van der Waals surface area contributed by atoms with Crippen LogP contribution < -0.4 is 16.4 Å². The molecule has 0 aromatic heterocycles. The van der Waals surface area contributed by atoms with E-state index in [1.54, 1.807) is 36.0 Å². The van der Waals surface area contributed by atoms with Gasteiger partial charge in [0.05, 0.1) is 0 Å². The van der Waals surface area contributed by atoms with Crippen molar-refractivity contribution in [3.63, 3.8) is 0 Å². The number of carbonyl (C=O) groups excluding carboxylic acids is 3. The molecule has 6 nitrogen and oxygen atoms in total. The van der Waals surface area contributed by atoms with E-state index in [-0.39, 0.29) is 11.8 Å². The van der Waals surface area contributed by atoms with Gasteiger partial charge in [0, 0.05) is 29.2 Å². The summed E-state index contributed by atoms with van der Waals surface area (Å²) in [5.74, 6) is 0.383. The molecule has 1 aliphatic rings.